The van der Waals surface area contributed by atoms with Gasteiger partial charge in [-0.3, -0.25) is 9.69 Å². The Morgan fingerprint density at radius 2 is 2.17 bits per heavy atom. The number of halogens is 1. The first-order valence-corrected chi connectivity index (χ1v) is 8.34. The molecule has 2 heterocycles. The topological polar surface area (TPSA) is 48.5 Å². The molecule has 0 aromatic carbocycles. The molecule has 0 spiro atoms. The number of piperidine rings is 1. The van der Waals surface area contributed by atoms with Gasteiger partial charge < -0.3 is 10.2 Å². The largest absolute Gasteiger partial charge is 0.344 e. The predicted molar refractivity (Wildman–Crippen MR) is 92.2 cm³/mol. The van der Waals surface area contributed by atoms with Crippen LogP contribution in [-0.4, -0.2) is 65.3 Å². The molecule has 1 N–H and O–H groups in total. The maximum atomic E-state index is 13.8. The number of nitrogens with one attached hydrogen (secondary N) is 1. The standard InChI is InChI=1S/C16H25FN4OS/c1-12(23)21-9-6-16(7-10-21,11-20(2)3)19-15(22)14-13(17)5-4-8-18-14/h4-5,8,12,23H,6-7,9-11H2,1-3H3,(H,19,22). The SMILES string of the molecule is CC(S)N1CCC(CN(C)C)(NC(=O)c2ncccc2F)CC1. The molecule has 0 aliphatic carbocycles. The number of rotatable bonds is 5. The van der Waals surface area contributed by atoms with Crippen molar-refractivity contribution in [3.63, 3.8) is 0 Å². The van der Waals surface area contributed by atoms with Crippen molar-refractivity contribution in [1.29, 1.82) is 0 Å². The molecule has 23 heavy (non-hydrogen) atoms. The van der Waals surface area contributed by atoms with Crippen LogP contribution >= 0.6 is 12.6 Å². The molecule has 128 valence electrons. The van der Waals surface area contributed by atoms with E-state index in [0.29, 0.717) is 6.54 Å². The zero-order valence-electron chi connectivity index (χ0n) is 13.9. The van der Waals surface area contributed by atoms with E-state index >= 15 is 0 Å². The van der Waals surface area contributed by atoms with Crippen molar-refractivity contribution >= 4 is 18.5 Å². The minimum atomic E-state index is -0.591. The van der Waals surface area contributed by atoms with Crippen molar-refractivity contribution < 1.29 is 9.18 Å². The van der Waals surface area contributed by atoms with Gasteiger partial charge in [0.1, 0.15) is 0 Å². The molecule has 1 aliphatic rings. The maximum Gasteiger partial charge on any atom is 0.273 e. The summed E-state index contributed by atoms with van der Waals surface area (Å²) < 4.78 is 13.8. The van der Waals surface area contributed by atoms with E-state index in [9.17, 15) is 9.18 Å². The molecule has 1 saturated heterocycles. The van der Waals surface area contributed by atoms with Crippen LogP contribution in [0.3, 0.4) is 0 Å². The quantitative estimate of drug-likeness (QED) is 0.800. The number of nitrogens with zero attached hydrogens (tertiary/aromatic N) is 3. The van der Waals surface area contributed by atoms with Gasteiger partial charge in [-0.2, -0.15) is 12.6 Å². The minimum Gasteiger partial charge on any atom is -0.344 e. The third-order valence-electron chi connectivity index (χ3n) is 4.25. The lowest BCUT2D eigenvalue weighted by Gasteiger charge is -2.44. The zero-order valence-corrected chi connectivity index (χ0v) is 14.8. The molecule has 0 saturated carbocycles. The van der Waals surface area contributed by atoms with Crippen molar-refractivity contribution in [2.45, 2.75) is 30.7 Å². The molecule has 1 aromatic heterocycles. The van der Waals surface area contributed by atoms with E-state index in [4.69, 9.17) is 0 Å². The summed E-state index contributed by atoms with van der Waals surface area (Å²) in [4.78, 5) is 20.7. The fourth-order valence-electron chi connectivity index (χ4n) is 3.11. The molecule has 1 atom stereocenters. The van der Waals surface area contributed by atoms with Crippen LogP contribution in [0.15, 0.2) is 18.3 Å². The van der Waals surface area contributed by atoms with E-state index < -0.39 is 11.7 Å². The third-order valence-corrected chi connectivity index (χ3v) is 4.58. The average molecular weight is 340 g/mol. The number of likely N-dealkylation sites (tertiary alicyclic amines) is 1. The van der Waals surface area contributed by atoms with Crippen molar-refractivity contribution in [3.05, 3.63) is 29.8 Å². The molecule has 0 bridgehead atoms. The number of hydrogen-bond donors (Lipinski definition) is 2. The van der Waals surface area contributed by atoms with Crippen LogP contribution in [0.5, 0.6) is 0 Å². The number of carbonyl (C=O) groups excluding carboxylic acids is 1. The molecule has 0 radical (unpaired) electrons. The first-order valence-electron chi connectivity index (χ1n) is 7.83. The Bertz CT molecular complexity index is 545. The van der Waals surface area contributed by atoms with E-state index in [1.54, 1.807) is 0 Å². The first-order chi connectivity index (χ1) is 10.8. The molecule has 1 unspecified atom stereocenters. The van der Waals surface area contributed by atoms with Gasteiger partial charge in [0.15, 0.2) is 11.5 Å². The fraction of sp³-hybridized carbons (Fsp3) is 0.625. The van der Waals surface area contributed by atoms with Crippen molar-refractivity contribution in [3.8, 4) is 0 Å². The Kier molecular flexibility index (Phi) is 6.00. The molecular weight excluding hydrogens is 315 g/mol. The van der Waals surface area contributed by atoms with Crippen molar-refractivity contribution in [2.24, 2.45) is 0 Å². The molecule has 5 nitrogen and oxygen atoms in total. The van der Waals surface area contributed by atoms with Crippen molar-refractivity contribution in [2.75, 3.05) is 33.7 Å². The molecule has 2 rings (SSSR count). The summed E-state index contributed by atoms with van der Waals surface area (Å²) in [5, 5.41) is 3.24. The summed E-state index contributed by atoms with van der Waals surface area (Å²) in [5.74, 6) is -1.04. The van der Waals surface area contributed by atoms with Gasteiger partial charge in [0.25, 0.3) is 5.91 Å². The van der Waals surface area contributed by atoms with Crippen LogP contribution in [0, 0.1) is 5.82 Å². The smallest absolute Gasteiger partial charge is 0.273 e. The van der Waals surface area contributed by atoms with Crippen LogP contribution < -0.4 is 5.32 Å². The van der Waals surface area contributed by atoms with Gasteiger partial charge in [0, 0.05) is 31.2 Å². The van der Waals surface area contributed by atoms with Gasteiger partial charge in [-0.1, -0.05) is 0 Å². The normalized spacial score (nSPS) is 19.6. The van der Waals surface area contributed by atoms with Crippen molar-refractivity contribution in [1.82, 2.24) is 20.1 Å². The zero-order chi connectivity index (χ0) is 17.0. The van der Waals surface area contributed by atoms with Crippen LogP contribution in [-0.2, 0) is 0 Å². The summed E-state index contributed by atoms with van der Waals surface area (Å²) in [7, 11) is 3.95. The van der Waals surface area contributed by atoms with Gasteiger partial charge >= 0.3 is 0 Å². The summed E-state index contributed by atoms with van der Waals surface area (Å²) in [6, 6.07) is 2.74. The second kappa shape index (κ2) is 7.59. The summed E-state index contributed by atoms with van der Waals surface area (Å²) >= 11 is 4.48. The fourth-order valence-corrected chi connectivity index (χ4v) is 3.34. The highest BCUT2D eigenvalue weighted by molar-refractivity contribution is 7.80. The number of thiol groups is 1. The van der Waals surface area contributed by atoms with Crippen LogP contribution in [0.1, 0.15) is 30.3 Å². The number of amides is 1. The van der Waals surface area contributed by atoms with Gasteiger partial charge in [-0.25, -0.2) is 9.37 Å². The van der Waals surface area contributed by atoms with Crippen LogP contribution in [0.4, 0.5) is 4.39 Å². The number of pyridine rings is 1. The van der Waals surface area contributed by atoms with Gasteiger partial charge in [0.05, 0.1) is 5.54 Å². The van der Waals surface area contributed by atoms with E-state index in [-0.39, 0.29) is 16.6 Å². The highest BCUT2D eigenvalue weighted by Crippen LogP contribution is 2.25. The van der Waals surface area contributed by atoms with Gasteiger partial charge in [0.2, 0.25) is 0 Å². The summed E-state index contributed by atoms with van der Waals surface area (Å²) in [5.41, 5.74) is -0.514. The van der Waals surface area contributed by atoms with E-state index in [0.717, 1.165) is 25.9 Å². The Labute approximate surface area is 142 Å². The predicted octanol–water partition coefficient (Wildman–Crippen LogP) is 1.62. The second-order valence-electron chi connectivity index (χ2n) is 6.47. The van der Waals surface area contributed by atoms with Gasteiger partial charge in [-0.15, -0.1) is 0 Å². The second-order valence-corrected chi connectivity index (χ2v) is 7.22. The van der Waals surface area contributed by atoms with E-state index in [2.05, 4.69) is 32.7 Å². The van der Waals surface area contributed by atoms with Crippen LogP contribution in [0.2, 0.25) is 0 Å². The number of carbonyl (C=O) groups is 1. The summed E-state index contributed by atoms with van der Waals surface area (Å²) in [6.07, 6.45) is 3.04. The minimum absolute atomic E-state index is 0.143. The molecular formula is C16H25FN4OS. The number of hydrogen-bond acceptors (Lipinski definition) is 5. The van der Waals surface area contributed by atoms with E-state index in [1.807, 2.05) is 21.0 Å². The monoisotopic (exact) mass is 340 g/mol. The van der Waals surface area contributed by atoms with Gasteiger partial charge in [-0.05, 0) is 46.0 Å². The molecule has 7 heteroatoms. The highest BCUT2D eigenvalue weighted by atomic mass is 32.1. The number of likely N-dealkylation sites (N-methyl/N-ethyl adjacent to an activating group) is 1. The van der Waals surface area contributed by atoms with E-state index in [1.165, 1.54) is 18.3 Å². The lowest BCUT2D eigenvalue weighted by molar-refractivity contribution is 0.0733. The molecule has 1 amide bonds. The third kappa shape index (κ3) is 4.65. The lowest BCUT2D eigenvalue weighted by atomic mass is 9.86. The molecule has 1 aliphatic heterocycles. The Balaban J connectivity index is 2.13. The number of aromatic nitrogens is 1. The van der Waals surface area contributed by atoms with Crippen LogP contribution in [0.25, 0.3) is 0 Å². The Hall–Kier alpha value is -1.18. The highest BCUT2D eigenvalue weighted by Gasteiger charge is 2.37. The lowest BCUT2D eigenvalue weighted by Crippen LogP contribution is -2.60. The molecule has 1 aromatic rings. The first kappa shape index (κ1) is 18.2. The molecule has 1 fully saturated rings. The Morgan fingerprint density at radius 1 is 1.52 bits per heavy atom. The maximum absolute atomic E-state index is 13.8. The summed E-state index contributed by atoms with van der Waals surface area (Å²) in [6.45, 7) is 4.46. The Morgan fingerprint density at radius 3 is 2.70 bits per heavy atom. The average Bonchev–Trinajstić information content (AvgIpc) is 2.47.